The molecule has 0 bridgehead atoms. The zero-order valence-corrected chi connectivity index (χ0v) is 15.0. The summed E-state index contributed by atoms with van der Waals surface area (Å²) >= 11 is 0. The van der Waals surface area contributed by atoms with Gasteiger partial charge in [0.05, 0.1) is 0 Å². The van der Waals surface area contributed by atoms with Crippen molar-refractivity contribution >= 4 is 11.7 Å². The number of hydrogen-bond donors (Lipinski definition) is 1. The average Bonchev–Trinajstić information content (AvgIpc) is 2.68. The first-order valence-electron chi connectivity index (χ1n) is 8.29. The van der Waals surface area contributed by atoms with Crippen molar-refractivity contribution in [1.82, 2.24) is 0 Å². The highest BCUT2D eigenvalue weighted by Gasteiger charge is 2.11. The van der Waals surface area contributed by atoms with Gasteiger partial charge in [0.2, 0.25) is 0 Å². The largest absolute Gasteiger partial charge is 0.507 e. The van der Waals surface area contributed by atoms with Gasteiger partial charge < -0.3 is 14.7 Å². The summed E-state index contributed by atoms with van der Waals surface area (Å²) in [6.07, 6.45) is 0. The number of anilines is 1. The number of benzene rings is 3. The van der Waals surface area contributed by atoms with Crippen LogP contribution in [0.2, 0.25) is 0 Å². The molecule has 0 aliphatic carbocycles. The Morgan fingerprint density at radius 1 is 0.846 bits per heavy atom. The number of esters is 1. The van der Waals surface area contributed by atoms with Crippen LogP contribution in [0.4, 0.5) is 5.69 Å². The van der Waals surface area contributed by atoms with E-state index in [1.807, 2.05) is 62.6 Å². The molecule has 0 aromatic heterocycles. The molecule has 4 heteroatoms. The number of carbonyl (C=O) groups is 1. The van der Waals surface area contributed by atoms with Crippen LogP contribution in [0.5, 0.6) is 5.75 Å². The van der Waals surface area contributed by atoms with Gasteiger partial charge in [-0.05, 0) is 29.8 Å². The van der Waals surface area contributed by atoms with Gasteiger partial charge in [0.25, 0.3) is 0 Å². The van der Waals surface area contributed by atoms with Crippen LogP contribution in [-0.4, -0.2) is 25.2 Å². The van der Waals surface area contributed by atoms with Crippen molar-refractivity contribution in [2.75, 3.05) is 19.0 Å². The van der Waals surface area contributed by atoms with Crippen LogP contribution in [0, 0.1) is 0 Å². The second kappa shape index (κ2) is 9.89. The van der Waals surface area contributed by atoms with Crippen LogP contribution in [0.25, 0.3) is 0 Å². The van der Waals surface area contributed by atoms with Crippen LogP contribution in [0.15, 0.2) is 84.9 Å². The lowest BCUT2D eigenvalue weighted by molar-refractivity contribution is 0.0469. The zero-order valence-electron chi connectivity index (χ0n) is 15.0. The third-order valence-corrected chi connectivity index (χ3v) is 3.61. The normalized spacial score (nSPS) is 9.62. The Kier molecular flexibility index (Phi) is 7.25. The lowest BCUT2D eigenvalue weighted by atomic mass is 10.2. The van der Waals surface area contributed by atoms with Gasteiger partial charge in [0.1, 0.15) is 17.9 Å². The fourth-order valence-electron chi connectivity index (χ4n) is 2.17. The molecule has 134 valence electrons. The van der Waals surface area contributed by atoms with E-state index in [4.69, 9.17) is 4.74 Å². The van der Waals surface area contributed by atoms with Gasteiger partial charge >= 0.3 is 5.97 Å². The highest BCUT2D eigenvalue weighted by Crippen LogP contribution is 2.17. The van der Waals surface area contributed by atoms with E-state index in [1.54, 1.807) is 12.1 Å². The highest BCUT2D eigenvalue weighted by molar-refractivity contribution is 5.92. The fraction of sp³-hybridized carbons (Fsp3) is 0.136. The maximum Gasteiger partial charge on any atom is 0.342 e. The second-order valence-electron chi connectivity index (χ2n) is 5.81. The van der Waals surface area contributed by atoms with Crippen molar-refractivity contribution in [3.63, 3.8) is 0 Å². The van der Waals surface area contributed by atoms with Gasteiger partial charge in [0.15, 0.2) is 0 Å². The molecule has 0 radical (unpaired) electrons. The number of para-hydroxylation sites is 2. The number of ether oxygens (including phenoxy) is 1. The molecule has 1 N–H and O–H groups in total. The molecule has 0 fully saturated rings. The number of hydrogen-bond acceptors (Lipinski definition) is 4. The van der Waals surface area contributed by atoms with Gasteiger partial charge in [-0.1, -0.05) is 60.7 Å². The highest BCUT2D eigenvalue weighted by atomic mass is 16.5. The summed E-state index contributed by atoms with van der Waals surface area (Å²) in [5.41, 5.74) is 2.34. The minimum Gasteiger partial charge on any atom is -0.507 e. The Morgan fingerprint density at radius 3 is 1.92 bits per heavy atom. The molecule has 0 spiro atoms. The van der Waals surface area contributed by atoms with Crippen molar-refractivity contribution < 1.29 is 14.6 Å². The summed E-state index contributed by atoms with van der Waals surface area (Å²) in [4.78, 5) is 13.7. The smallest absolute Gasteiger partial charge is 0.342 e. The topological polar surface area (TPSA) is 49.8 Å². The molecule has 0 heterocycles. The van der Waals surface area contributed by atoms with Crippen LogP contribution < -0.4 is 4.90 Å². The molecule has 0 aliphatic rings. The van der Waals surface area contributed by atoms with E-state index in [1.165, 1.54) is 17.8 Å². The molecule has 0 unspecified atom stereocenters. The van der Waals surface area contributed by atoms with Gasteiger partial charge in [-0.3, -0.25) is 0 Å². The number of phenols is 1. The number of rotatable bonds is 4. The Hall–Kier alpha value is -3.27. The maximum atomic E-state index is 11.7. The number of aromatic hydroxyl groups is 1. The maximum absolute atomic E-state index is 11.7. The van der Waals surface area contributed by atoms with E-state index in [0.717, 1.165) is 5.56 Å². The monoisotopic (exact) mass is 349 g/mol. The Morgan fingerprint density at radius 2 is 1.38 bits per heavy atom. The van der Waals surface area contributed by atoms with Gasteiger partial charge in [-0.25, -0.2) is 4.79 Å². The summed E-state index contributed by atoms with van der Waals surface area (Å²) in [6.45, 7) is 0.202. The SMILES string of the molecule is CN(C)c1ccccc1.O=C(OCc1ccccc1)c1ccccc1O. The predicted molar refractivity (Wildman–Crippen MR) is 104 cm³/mol. The van der Waals surface area contributed by atoms with E-state index in [2.05, 4.69) is 17.0 Å². The van der Waals surface area contributed by atoms with Crippen molar-refractivity contribution in [1.29, 1.82) is 0 Å². The van der Waals surface area contributed by atoms with Gasteiger partial charge in [0, 0.05) is 19.8 Å². The summed E-state index contributed by atoms with van der Waals surface area (Å²) in [5.74, 6) is -0.586. The van der Waals surface area contributed by atoms with E-state index >= 15 is 0 Å². The summed E-state index contributed by atoms with van der Waals surface area (Å²) in [7, 11) is 4.07. The van der Waals surface area contributed by atoms with Crippen LogP contribution in [-0.2, 0) is 11.3 Å². The van der Waals surface area contributed by atoms with Crippen molar-refractivity contribution in [3.05, 3.63) is 96.1 Å². The average molecular weight is 349 g/mol. The van der Waals surface area contributed by atoms with Crippen LogP contribution in [0.1, 0.15) is 15.9 Å². The lowest BCUT2D eigenvalue weighted by Crippen LogP contribution is -2.07. The van der Waals surface area contributed by atoms with Crippen molar-refractivity contribution in [3.8, 4) is 5.75 Å². The molecule has 0 amide bonds. The van der Waals surface area contributed by atoms with E-state index < -0.39 is 5.97 Å². The third-order valence-electron chi connectivity index (χ3n) is 3.61. The first-order valence-corrected chi connectivity index (χ1v) is 8.29. The quantitative estimate of drug-likeness (QED) is 0.705. The molecule has 3 rings (SSSR count). The Labute approximate surface area is 154 Å². The fourth-order valence-corrected chi connectivity index (χ4v) is 2.17. The molecule has 0 saturated heterocycles. The van der Waals surface area contributed by atoms with Crippen molar-refractivity contribution in [2.45, 2.75) is 6.61 Å². The number of carbonyl (C=O) groups excluding carboxylic acids is 1. The third kappa shape index (κ3) is 5.98. The molecule has 26 heavy (non-hydrogen) atoms. The molecular formula is C22H23NO3. The molecule has 4 nitrogen and oxygen atoms in total. The van der Waals surface area contributed by atoms with E-state index in [9.17, 15) is 9.90 Å². The second-order valence-corrected chi connectivity index (χ2v) is 5.81. The van der Waals surface area contributed by atoms with E-state index in [-0.39, 0.29) is 17.9 Å². The van der Waals surface area contributed by atoms with Gasteiger partial charge in [-0.15, -0.1) is 0 Å². The zero-order chi connectivity index (χ0) is 18.8. The number of phenolic OH excluding ortho intramolecular Hbond substituents is 1. The van der Waals surface area contributed by atoms with Gasteiger partial charge in [-0.2, -0.15) is 0 Å². The molecule has 3 aromatic rings. The number of nitrogens with zero attached hydrogens (tertiary/aromatic N) is 1. The van der Waals surface area contributed by atoms with Crippen molar-refractivity contribution in [2.24, 2.45) is 0 Å². The standard InChI is InChI=1S/C14H12O3.C8H11N/c15-13-9-5-4-8-12(13)14(16)17-10-11-6-2-1-3-7-11;1-9(2)8-6-4-3-5-7-8/h1-9,15H,10H2;3-7H,1-2H3. The minimum atomic E-state index is -0.521. The predicted octanol–water partition coefficient (Wildman–Crippen LogP) is 4.50. The molecular weight excluding hydrogens is 326 g/mol. The summed E-state index contributed by atoms with van der Waals surface area (Å²) in [6, 6.07) is 26.0. The summed E-state index contributed by atoms with van der Waals surface area (Å²) in [5, 5.41) is 9.48. The summed E-state index contributed by atoms with van der Waals surface area (Å²) < 4.78 is 5.10. The lowest BCUT2D eigenvalue weighted by Gasteiger charge is -2.10. The van der Waals surface area contributed by atoms with Crippen LogP contribution in [0.3, 0.4) is 0 Å². The van der Waals surface area contributed by atoms with Crippen LogP contribution >= 0.6 is 0 Å². The Balaban J connectivity index is 0.000000228. The molecule has 0 saturated carbocycles. The van der Waals surface area contributed by atoms with E-state index in [0.29, 0.717) is 0 Å². The molecule has 3 aromatic carbocycles. The first kappa shape index (κ1) is 19.1. The molecule has 0 aliphatic heterocycles. The first-order chi connectivity index (χ1) is 12.6. The Bertz CT molecular complexity index is 802. The minimum absolute atomic E-state index is 0.0643. The molecule has 0 atom stereocenters.